The Bertz CT molecular complexity index is 877. The highest BCUT2D eigenvalue weighted by molar-refractivity contribution is 7.99. The Hall–Kier alpha value is -2.68. The summed E-state index contributed by atoms with van der Waals surface area (Å²) >= 11 is 1.27. The minimum Gasteiger partial charge on any atom is -0.320 e. The van der Waals surface area contributed by atoms with Crippen LogP contribution in [0, 0.1) is 16.0 Å². The van der Waals surface area contributed by atoms with Gasteiger partial charge in [-0.05, 0) is 12.0 Å². The van der Waals surface area contributed by atoms with Crippen molar-refractivity contribution in [2.24, 2.45) is 5.92 Å². The van der Waals surface area contributed by atoms with Crippen LogP contribution in [0.4, 0.5) is 11.4 Å². The summed E-state index contributed by atoms with van der Waals surface area (Å²) in [6.07, 6.45) is 8.99. The summed E-state index contributed by atoms with van der Waals surface area (Å²) in [7, 11) is 0. The summed E-state index contributed by atoms with van der Waals surface area (Å²) in [6.45, 7) is 4.40. The second-order valence-electron chi connectivity index (χ2n) is 7.12. The van der Waals surface area contributed by atoms with Gasteiger partial charge in [0.05, 0.1) is 10.7 Å². The Morgan fingerprint density at radius 3 is 2.79 bits per heavy atom. The first-order valence-electron chi connectivity index (χ1n) is 9.77. The Kier molecular flexibility index (Phi) is 7.40. The number of rotatable bonds is 9. The van der Waals surface area contributed by atoms with E-state index in [4.69, 9.17) is 0 Å². The summed E-state index contributed by atoms with van der Waals surface area (Å²) in [5, 5.41) is 23.0. The average Bonchev–Trinajstić information content (AvgIpc) is 3.09. The number of benzene rings is 1. The van der Waals surface area contributed by atoms with E-state index < -0.39 is 4.92 Å². The van der Waals surface area contributed by atoms with Gasteiger partial charge < -0.3 is 9.88 Å². The molecular formula is C20H25N5O3S. The van der Waals surface area contributed by atoms with Crippen molar-refractivity contribution in [2.45, 2.75) is 50.2 Å². The van der Waals surface area contributed by atoms with Gasteiger partial charge >= 0.3 is 0 Å². The first-order chi connectivity index (χ1) is 14.1. The van der Waals surface area contributed by atoms with E-state index in [0.717, 1.165) is 12.2 Å². The second-order valence-corrected chi connectivity index (χ2v) is 8.06. The summed E-state index contributed by atoms with van der Waals surface area (Å²) in [5.41, 5.74) is 0.0593. The predicted molar refractivity (Wildman–Crippen MR) is 113 cm³/mol. The second kappa shape index (κ2) is 10.2. The normalized spacial score (nSPS) is 14.5. The number of amides is 1. The van der Waals surface area contributed by atoms with Crippen molar-refractivity contribution in [3.63, 3.8) is 0 Å². The van der Waals surface area contributed by atoms with Crippen LogP contribution in [0.1, 0.15) is 37.9 Å². The van der Waals surface area contributed by atoms with Crippen molar-refractivity contribution in [1.29, 1.82) is 0 Å². The molecule has 0 radical (unpaired) electrons. The van der Waals surface area contributed by atoms with Crippen LogP contribution < -0.4 is 5.32 Å². The average molecular weight is 416 g/mol. The molecule has 1 heterocycles. The Morgan fingerprint density at radius 2 is 2.07 bits per heavy atom. The molecule has 1 amide bonds. The molecule has 1 aliphatic rings. The van der Waals surface area contributed by atoms with Crippen molar-refractivity contribution in [1.82, 2.24) is 14.8 Å². The zero-order valence-electron chi connectivity index (χ0n) is 16.2. The topological polar surface area (TPSA) is 103 Å². The van der Waals surface area contributed by atoms with E-state index in [1.54, 1.807) is 18.2 Å². The molecule has 8 nitrogen and oxygen atoms in total. The highest BCUT2D eigenvalue weighted by atomic mass is 32.2. The fourth-order valence-corrected chi connectivity index (χ4v) is 4.36. The van der Waals surface area contributed by atoms with Crippen LogP contribution in [0.3, 0.4) is 0 Å². The zero-order valence-corrected chi connectivity index (χ0v) is 17.1. The number of thioether (sulfide) groups is 1. The van der Waals surface area contributed by atoms with Crippen LogP contribution in [0.2, 0.25) is 0 Å². The fraction of sp³-hybridized carbons (Fsp3) is 0.450. The van der Waals surface area contributed by atoms with Crippen molar-refractivity contribution in [3.8, 4) is 0 Å². The fourth-order valence-electron chi connectivity index (χ4n) is 3.59. The van der Waals surface area contributed by atoms with Gasteiger partial charge in [0.15, 0.2) is 5.16 Å². The SMILES string of the molecule is C=CCn1c(CC2CCCCC2)nnc1SCC(=O)Nc1ccccc1[N+](=O)[O-]. The molecule has 1 aromatic heterocycles. The third kappa shape index (κ3) is 5.66. The molecule has 0 saturated heterocycles. The van der Waals surface area contributed by atoms with Crippen molar-refractivity contribution >= 4 is 29.0 Å². The maximum Gasteiger partial charge on any atom is 0.292 e. The lowest BCUT2D eigenvalue weighted by Gasteiger charge is -2.21. The van der Waals surface area contributed by atoms with Crippen LogP contribution in [-0.2, 0) is 17.8 Å². The van der Waals surface area contributed by atoms with Gasteiger partial charge in [-0.3, -0.25) is 14.9 Å². The highest BCUT2D eigenvalue weighted by Crippen LogP contribution is 2.28. The van der Waals surface area contributed by atoms with E-state index in [-0.39, 0.29) is 23.0 Å². The van der Waals surface area contributed by atoms with E-state index in [9.17, 15) is 14.9 Å². The van der Waals surface area contributed by atoms with Gasteiger partial charge in [-0.1, -0.05) is 62.1 Å². The van der Waals surface area contributed by atoms with Gasteiger partial charge in [-0.2, -0.15) is 0 Å². The lowest BCUT2D eigenvalue weighted by molar-refractivity contribution is -0.383. The Balaban J connectivity index is 1.63. The summed E-state index contributed by atoms with van der Waals surface area (Å²) in [5.74, 6) is 1.33. The molecule has 154 valence electrons. The van der Waals surface area contributed by atoms with Gasteiger partial charge in [-0.15, -0.1) is 16.8 Å². The van der Waals surface area contributed by atoms with Crippen molar-refractivity contribution in [3.05, 3.63) is 52.9 Å². The number of para-hydroxylation sites is 2. The first-order valence-corrected chi connectivity index (χ1v) is 10.8. The Morgan fingerprint density at radius 1 is 1.31 bits per heavy atom. The highest BCUT2D eigenvalue weighted by Gasteiger charge is 2.20. The molecule has 3 rings (SSSR count). The minimum atomic E-state index is -0.513. The minimum absolute atomic E-state index is 0.0880. The predicted octanol–water partition coefficient (Wildman–Crippen LogP) is 4.23. The molecule has 1 saturated carbocycles. The number of carbonyl (C=O) groups is 1. The molecule has 0 unspecified atom stereocenters. The molecule has 1 N–H and O–H groups in total. The number of carbonyl (C=O) groups excluding carboxylic acids is 1. The number of hydrogen-bond acceptors (Lipinski definition) is 6. The van der Waals surface area contributed by atoms with Crippen LogP contribution >= 0.6 is 11.8 Å². The van der Waals surface area contributed by atoms with Gasteiger partial charge in [-0.25, -0.2) is 0 Å². The molecule has 0 aliphatic heterocycles. The molecule has 0 spiro atoms. The number of anilines is 1. The molecule has 1 fully saturated rings. The standard InChI is InChI=1S/C20H25N5O3S/c1-2-12-24-18(13-15-8-4-3-5-9-15)22-23-20(24)29-14-19(26)21-16-10-6-7-11-17(16)25(27)28/h2,6-7,10-11,15H,1,3-5,8-9,12-14H2,(H,21,26). The molecule has 9 heteroatoms. The van der Waals surface area contributed by atoms with Gasteiger partial charge in [0, 0.05) is 19.0 Å². The molecular weight excluding hydrogens is 390 g/mol. The van der Waals surface area contributed by atoms with Crippen molar-refractivity contribution in [2.75, 3.05) is 11.1 Å². The largest absolute Gasteiger partial charge is 0.320 e. The van der Waals surface area contributed by atoms with Crippen LogP contribution in [0.15, 0.2) is 42.1 Å². The quantitative estimate of drug-likeness (QED) is 0.285. The lowest BCUT2D eigenvalue weighted by Crippen LogP contribution is -2.16. The van der Waals surface area contributed by atoms with Crippen LogP contribution in [-0.4, -0.2) is 31.3 Å². The first kappa shape index (κ1) is 21.0. The number of hydrogen-bond donors (Lipinski definition) is 1. The maximum atomic E-state index is 12.3. The number of aromatic nitrogens is 3. The number of nitro groups is 1. The molecule has 0 atom stereocenters. The number of nitrogens with one attached hydrogen (secondary N) is 1. The Labute approximate surface area is 173 Å². The number of allylic oxidation sites excluding steroid dienone is 1. The van der Waals surface area contributed by atoms with E-state index in [2.05, 4.69) is 22.1 Å². The van der Waals surface area contributed by atoms with Gasteiger partial charge in [0.2, 0.25) is 5.91 Å². The molecule has 2 aromatic rings. The van der Waals surface area contributed by atoms with Gasteiger partial charge in [0.1, 0.15) is 11.5 Å². The summed E-state index contributed by atoms with van der Waals surface area (Å²) in [4.78, 5) is 22.9. The van der Waals surface area contributed by atoms with Crippen LogP contribution in [0.5, 0.6) is 0 Å². The summed E-state index contributed by atoms with van der Waals surface area (Å²) in [6, 6.07) is 6.09. The maximum absolute atomic E-state index is 12.3. The monoisotopic (exact) mass is 415 g/mol. The smallest absolute Gasteiger partial charge is 0.292 e. The molecule has 0 bridgehead atoms. The van der Waals surface area contributed by atoms with E-state index in [1.807, 2.05) is 4.57 Å². The number of nitro benzene ring substituents is 1. The van der Waals surface area contributed by atoms with E-state index in [0.29, 0.717) is 17.6 Å². The van der Waals surface area contributed by atoms with E-state index in [1.165, 1.54) is 56.0 Å². The third-order valence-electron chi connectivity index (χ3n) is 5.01. The van der Waals surface area contributed by atoms with Gasteiger partial charge in [0.25, 0.3) is 5.69 Å². The number of nitrogens with zero attached hydrogens (tertiary/aromatic N) is 4. The lowest BCUT2D eigenvalue weighted by atomic mass is 9.87. The van der Waals surface area contributed by atoms with E-state index >= 15 is 0 Å². The molecule has 1 aliphatic carbocycles. The van der Waals surface area contributed by atoms with Crippen molar-refractivity contribution < 1.29 is 9.72 Å². The zero-order chi connectivity index (χ0) is 20.6. The molecule has 29 heavy (non-hydrogen) atoms. The third-order valence-corrected chi connectivity index (χ3v) is 5.98. The summed E-state index contributed by atoms with van der Waals surface area (Å²) < 4.78 is 2.00. The van der Waals surface area contributed by atoms with Crippen LogP contribution in [0.25, 0.3) is 0 Å². The molecule has 1 aromatic carbocycles.